The van der Waals surface area contributed by atoms with Gasteiger partial charge < -0.3 is 20.1 Å². The van der Waals surface area contributed by atoms with E-state index >= 15 is 0 Å². The third kappa shape index (κ3) is 5.17. The molecule has 0 aliphatic carbocycles. The Morgan fingerprint density at radius 1 is 1.04 bits per heavy atom. The average Bonchev–Trinajstić information content (AvgIpc) is 2.64. The molecule has 0 aliphatic heterocycles. The zero-order valence-corrected chi connectivity index (χ0v) is 14.3. The van der Waals surface area contributed by atoms with E-state index in [4.69, 9.17) is 9.47 Å². The molecule has 1 aromatic carbocycles. The van der Waals surface area contributed by atoms with Crippen molar-refractivity contribution in [2.45, 2.75) is 6.92 Å². The fraction of sp³-hybridized carbons (Fsp3) is 0.294. The normalized spacial score (nSPS) is 10.0. The molecule has 0 saturated heterocycles. The van der Waals surface area contributed by atoms with Crippen LogP contribution in [0.5, 0.6) is 11.9 Å². The number of aromatic nitrogens is 2. The minimum absolute atomic E-state index is 0.136. The maximum Gasteiger partial charge on any atom is 0.320 e. The van der Waals surface area contributed by atoms with Gasteiger partial charge in [0.25, 0.3) is 5.91 Å². The molecule has 0 bridgehead atoms. The number of carbonyl (C=O) groups excluding carboxylic acids is 2. The number of nitrogens with one attached hydrogen (secondary N) is 2. The number of ether oxygens (including phenoxy) is 2. The van der Waals surface area contributed by atoms with Crippen LogP contribution in [0.1, 0.15) is 17.3 Å². The molecule has 132 valence electrons. The van der Waals surface area contributed by atoms with Gasteiger partial charge in [0.1, 0.15) is 0 Å². The highest BCUT2D eigenvalue weighted by Gasteiger charge is 2.10. The first-order valence-corrected chi connectivity index (χ1v) is 7.63. The Morgan fingerprint density at radius 2 is 1.80 bits per heavy atom. The SMILES string of the molecule is COc1cc(-c2cccc(C(=O)NCCNC(C)=O)c2)nc(OC)n1. The van der Waals surface area contributed by atoms with E-state index in [0.717, 1.165) is 5.56 Å². The van der Waals surface area contributed by atoms with E-state index in [0.29, 0.717) is 30.2 Å². The van der Waals surface area contributed by atoms with E-state index in [9.17, 15) is 9.59 Å². The van der Waals surface area contributed by atoms with Crippen molar-refractivity contribution in [1.82, 2.24) is 20.6 Å². The Bertz CT molecular complexity index is 742. The van der Waals surface area contributed by atoms with E-state index in [1.807, 2.05) is 6.07 Å². The molecule has 1 heterocycles. The Balaban J connectivity index is 2.15. The summed E-state index contributed by atoms with van der Waals surface area (Å²) in [4.78, 5) is 31.3. The molecular weight excluding hydrogens is 324 g/mol. The molecule has 2 rings (SSSR count). The van der Waals surface area contributed by atoms with Crippen LogP contribution in [-0.4, -0.2) is 49.1 Å². The lowest BCUT2D eigenvalue weighted by atomic mass is 10.1. The van der Waals surface area contributed by atoms with Gasteiger partial charge in [0.2, 0.25) is 11.8 Å². The highest BCUT2D eigenvalue weighted by atomic mass is 16.5. The molecule has 1 aromatic heterocycles. The van der Waals surface area contributed by atoms with E-state index in [-0.39, 0.29) is 17.8 Å². The smallest absolute Gasteiger partial charge is 0.320 e. The first-order chi connectivity index (χ1) is 12.0. The van der Waals surface area contributed by atoms with Crippen molar-refractivity contribution in [3.05, 3.63) is 35.9 Å². The minimum Gasteiger partial charge on any atom is -0.481 e. The molecule has 0 atom stereocenters. The third-order valence-electron chi connectivity index (χ3n) is 3.28. The molecule has 0 unspecified atom stereocenters. The summed E-state index contributed by atoms with van der Waals surface area (Å²) < 4.78 is 10.2. The molecule has 0 saturated carbocycles. The molecule has 0 spiro atoms. The summed E-state index contributed by atoms with van der Waals surface area (Å²) in [5.74, 6) is -0.00453. The van der Waals surface area contributed by atoms with Crippen LogP contribution in [0.4, 0.5) is 0 Å². The number of amides is 2. The van der Waals surface area contributed by atoms with Gasteiger partial charge in [-0.05, 0) is 12.1 Å². The molecule has 8 nitrogen and oxygen atoms in total. The summed E-state index contributed by atoms with van der Waals surface area (Å²) in [6.07, 6.45) is 0. The van der Waals surface area contributed by atoms with Crippen molar-refractivity contribution in [2.24, 2.45) is 0 Å². The second-order valence-electron chi connectivity index (χ2n) is 5.10. The monoisotopic (exact) mass is 344 g/mol. The maximum atomic E-state index is 12.2. The van der Waals surface area contributed by atoms with Crippen LogP contribution in [0.3, 0.4) is 0 Å². The largest absolute Gasteiger partial charge is 0.481 e. The molecule has 0 aliphatic rings. The van der Waals surface area contributed by atoms with Crippen LogP contribution in [0.2, 0.25) is 0 Å². The Hall–Kier alpha value is -3.16. The molecule has 2 amide bonds. The van der Waals surface area contributed by atoms with Crippen LogP contribution in [0.15, 0.2) is 30.3 Å². The standard InChI is InChI=1S/C17H20N4O4/c1-11(22)18-7-8-19-16(23)13-6-4-5-12(9-13)14-10-15(24-2)21-17(20-14)25-3/h4-6,9-10H,7-8H2,1-3H3,(H,18,22)(H,19,23). The second kappa shape index (κ2) is 8.62. The van der Waals surface area contributed by atoms with Crippen LogP contribution < -0.4 is 20.1 Å². The Kier molecular flexibility index (Phi) is 6.27. The van der Waals surface area contributed by atoms with E-state index in [2.05, 4.69) is 20.6 Å². The lowest BCUT2D eigenvalue weighted by Crippen LogP contribution is -2.33. The van der Waals surface area contributed by atoms with Gasteiger partial charge in [-0.2, -0.15) is 9.97 Å². The number of nitrogens with zero attached hydrogens (tertiary/aromatic N) is 2. The van der Waals surface area contributed by atoms with Gasteiger partial charge in [-0.1, -0.05) is 12.1 Å². The highest BCUT2D eigenvalue weighted by molar-refractivity contribution is 5.95. The van der Waals surface area contributed by atoms with Crippen molar-refractivity contribution in [1.29, 1.82) is 0 Å². The summed E-state index contributed by atoms with van der Waals surface area (Å²) in [5.41, 5.74) is 1.79. The predicted octanol–water partition coefficient (Wildman–Crippen LogP) is 1.03. The first-order valence-electron chi connectivity index (χ1n) is 7.63. The molecule has 25 heavy (non-hydrogen) atoms. The van der Waals surface area contributed by atoms with Crippen LogP contribution in [-0.2, 0) is 4.79 Å². The number of hydrogen-bond donors (Lipinski definition) is 2. The fourth-order valence-corrected chi connectivity index (χ4v) is 2.08. The van der Waals surface area contributed by atoms with Gasteiger partial charge in [-0.15, -0.1) is 0 Å². The van der Waals surface area contributed by atoms with Gasteiger partial charge in [0, 0.05) is 37.2 Å². The van der Waals surface area contributed by atoms with Crippen LogP contribution in [0.25, 0.3) is 11.3 Å². The predicted molar refractivity (Wildman–Crippen MR) is 91.6 cm³/mol. The van der Waals surface area contributed by atoms with Crippen molar-refractivity contribution in [3.63, 3.8) is 0 Å². The highest BCUT2D eigenvalue weighted by Crippen LogP contribution is 2.24. The van der Waals surface area contributed by atoms with Gasteiger partial charge in [-0.25, -0.2) is 0 Å². The summed E-state index contributed by atoms with van der Waals surface area (Å²) in [6, 6.07) is 8.85. The second-order valence-corrected chi connectivity index (χ2v) is 5.10. The molecule has 8 heteroatoms. The third-order valence-corrected chi connectivity index (χ3v) is 3.28. The van der Waals surface area contributed by atoms with Crippen LogP contribution in [0, 0.1) is 0 Å². The number of rotatable bonds is 7. The lowest BCUT2D eigenvalue weighted by Gasteiger charge is -2.09. The van der Waals surface area contributed by atoms with Gasteiger partial charge >= 0.3 is 6.01 Å². The zero-order chi connectivity index (χ0) is 18.2. The number of benzene rings is 1. The summed E-state index contributed by atoms with van der Waals surface area (Å²) in [5, 5.41) is 5.36. The van der Waals surface area contributed by atoms with E-state index < -0.39 is 0 Å². The number of carbonyl (C=O) groups is 2. The molecule has 2 aromatic rings. The summed E-state index contributed by atoms with van der Waals surface area (Å²) >= 11 is 0. The number of hydrogen-bond acceptors (Lipinski definition) is 6. The molecule has 0 radical (unpaired) electrons. The number of methoxy groups -OCH3 is 2. The average molecular weight is 344 g/mol. The molecule has 2 N–H and O–H groups in total. The summed E-state index contributed by atoms with van der Waals surface area (Å²) in [6.45, 7) is 2.15. The van der Waals surface area contributed by atoms with E-state index in [1.54, 1.807) is 24.3 Å². The fourth-order valence-electron chi connectivity index (χ4n) is 2.08. The Morgan fingerprint density at radius 3 is 2.48 bits per heavy atom. The lowest BCUT2D eigenvalue weighted by molar-refractivity contribution is -0.118. The van der Waals surface area contributed by atoms with Gasteiger partial charge in [0.15, 0.2) is 0 Å². The van der Waals surface area contributed by atoms with Crippen molar-refractivity contribution in [2.75, 3.05) is 27.3 Å². The topological polar surface area (TPSA) is 102 Å². The maximum absolute atomic E-state index is 12.2. The van der Waals surface area contributed by atoms with E-state index in [1.165, 1.54) is 21.1 Å². The van der Waals surface area contributed by atoms with Gasteiger partial charge in [-0.3, -0.25) is 9.59 Å². The zero-order valence-electron chi connectivity index (χ0n) is 14.3. The summed E-state index contributed by atoms with van der Waals surface area (Å²) in [7, 11) is 2.97. The van der Waals surface area contributed by atoms with Crippen LogP contribution >= 0.6 is 0 Å². The van der Waals surface area contributed by atoms with Crippen molar-refractivity contribution in [3.8, 4) is 23.1 Å². The first kappa shape index (κ1) is 18.2. The quantitative estimate of drug-likeness (QED) is 0.727. The van der Waals surface area contributed by atoms with Gasteiger partial charge in [0.05, 0.1) is 19.9 Å². The Labute approximate surface area is 145 Å². The van der Waals surface area contributed by atoms with Crippen molar-refractivity contribution >= 4 is 11.8 Å². The van der Waals surface area contributed by atoms with Crippen molar-refractivity contribution < 1.29 is 19.1 Å². The molecular formula is C17H20N4O4. The minimum atomic E-state index is -0.236. The molecule has 0 fully saturated rings.